The summed E-state index contributed by atoms with van der Waals surface area (Å²) in [7, 11) is 0. The summed E-state index contributed by atoms with van der Waals surface area (Å²) in [6.45, 7) is 0.124. The number of hydrogen-bond acceptors (Lipinski definition) is 10. The number of imidazole rings is 1. The van der Waals surface area contributed by atoms with Gasteiger partial charge in [-0.05, 0) is 5.56 Å². The largest absolute Gasteiger partial charge is 0.872 e. The zero-order chi connectivity index (χ0) is 19.1. The number of aromatic nitrogens is 4. The quantitative estimate of drug-likeness (QED) is 0.427. The van der Waals surface area contributed by atoms with Gasteiger partial charge in [-0.25, -0.2) is 4.98 Å². The second-order valence-corrected chi connectivity index (χ2v) is 6.04. The molecule has 0 saturated carbocycles. The van der Waals surface area contributed by atoms with E-state index in [0.717, 1.165) is 5.56 Å². The molecule has 4 rings (SSSR count). The number of benzene rings is 1. The standard InChI is InChI=1S/C16H17N5O6/c17-16-19-12-9(13(20-16)26-5-7-1-3-8(22)4-2-7)18-6-21(12)14-10(23)11(24)15(25)27-14/h1-4,6,10-11,14-15,22-25H,5H2,(H2,17,19,20)/p-1/t10-,11?,14+,15-/m0/s1. The van der Waals surface area contributed by atoms with Crippen LogP contribution in [0, 0.1) is 0 Å². The summed E-state index contributed by atoms with van der Waals surface area (Å²) in [4.78, 5) is 12.3. The van der Waals surface area contributed by atoms with Crippen molar-refractivity contribution in [3.8, 4) is 11.6 Å². The minimum Gasteiger partial charge on any atom is -0.872 e. The van der Waals surface area contributed by atoms with Crippen LogP contribution in [0.25, 0.3) is 11.2 Å². The van der Waals surface area contributed by atoms with Crippen LogP contribution < -0.4 is 15.6 Å². The van der Waals surface area contributed by atoms with E-state index in [1.807, 2.05) is 0 Å². The number of nitrogens with two attached hydrogens (primary N) is 1. The summed E-state index contributed by atoms with van der Waals surface area (Å²) in [6, 6.07) is 6.11. The normalized spacial score (nSPS) is 25.1. The van der Waals surface area contributed by atoms with Crippen molar-refractivity contribution >= 4 is 17.1 Å². The van der Waals surface area contributed by atoms with Crippen molar-refractivity contribution in [3.63, 3.8) is 0 Å². The van der Waals surface area contributed by atoms with Crippen LogP contribution >= 0.6 is 0 Å². The van der Waals surface area contributed by atoms with Crippen LogP contribution in [0.4, 0.5) is 5.95 Å². The summed E-state index contributed by atoms with van der Waals surface area (Å²) >= 11 is 0. The molecule has 4 atom stereocenters. The Bertz CT molecular complexity index is 962. The number of rotatable bonds is 4. The highest BCUT2D eigenvalue weighted by molar-refractivity contribution is 5.77. The van der Waals surface area contributed by atoms with Crippen molar-refractivity contribution in [2.24, 2.45) is 0 Å². The Hall–Kier alpha value is -2.99. The van der Waals surface area contributed by atoms with Gasteiger partial charge in [-0.1, -0.05) is 24.3 Å². The molecule has 3 aromatic rings. The van der Waals surface area contributed by atoms with E-state index in [0.29, 0.717) is 0 Å². The predicted octanol–water partition coefficient (Wildman–Crippen LogP) is -1.37. The van der Waals surface area contributed by atoms with Crippen LogP contribution in [-0.4, -0.2) is 53.3 Å². The van der Waals surface area contributed by atoms with Gasteiger partial charge in [0.2, 0.25) is 11.8 Å². The number of aliphatic hydroxyl groups excluding tert-OH is 3. The van der Waals surface area contributed by atoms with E-state index in [9.17, 15) is 20.4 Å². The molecular weight excluding hydrogens is 358 g/mol. The van der Waals surface area contributed by atoms with Gasteiger partial charge in [0.1, 0.15) is 18.8 Å². The van der Waals surface area contributed by atoms with Crippen molar-refractivity contribution < 1.29 is 29.9 Å². The molecule has 0 spiro atoms. The molecular formula is C16H16N5O6-. The van der Waals surface area contributed by atoms with Crippen LogP contribution in [0.1, 0.15) is 11.8 Å². The zero-order valence-corrected chi connectivity index (χ0v) is 13.8. The molecule has 1 unspecified atom stereocenters. The molecule has 142 valence electrons. The molecule has 1 aromatic carbocycles. The van der Waals surface area contributed by atoms with Crippen molar-refractivity contribution in [1.82, 2.24) is 19.5 Å². The Morgan fingerprint density at radius 2 is 1.89 bits per heavy atom. The molecule has 0 bridgehead atoms. The Morgan fingerprint density at radius 1 is 1.15 bits per heavy atom. The van der Waals surface area contributed by atoms with E-state index in [1.54, 1.807) is 12.1 Å². The van der Waals surface area contributed by atoms with Crippen LogP contribution in [-0.2, 0) is 11.3 Å². The van der Waals surface area contributed by atoms with Crippen molar-refractivity contribution in [1.29, 1.82) is 0 Å². The number of fused-ring (bicyclic) bond motifs is 1. The highest BCUT2D eigenvalue weighted by Gasteiger charge is 2.43. The number of nitrogen functional groups attached to an aromatic ring is 1. The lowest BCUT2D eigenvalue weighted by atomic mass is 10.2. The van der Waals surface area contributed by atoms with Crippen molar-refractivity contribution in [3.05, 3.63) is 36.2 Å². The van der Waals surface area contributed by atoms with Gasteiger partial charge in [-0.3, -0.25) is 4.57 Å². The molecule has 1 aliphatic heterocycles. The Kier molecular flexibility index (Phi) is 4.28. The van der Waals surface area contributed by atoms with Crippen LogP contribution in [0.2, 0.25) is 0 Å². The third-order valence-corrected chi connectivity index (χ3v) is 4.19. The van der Waals surface area contributed by atoms with E-state index in [-0.39, 0.29) is 35.3 Å². The van der Waals surface area contributed by atoms with Gasteiger partial charge in [0.15, 0.2) is 23.7 Å². The first-order valence-corrected chi connectivity index (χ1v) is 8.02. The van der Waals surface area contributed by atoms with Crippen LogP contribution in [0.5, 0.6) is 11.6 Å². The number of ether oxygens (including phenoxy) is 2. The lowest BCUT2D eigenvalue weighted by molar-refractivity contribution is -0.268. The average Bonchev–Trinajstić information content (AvgIpc) is 3.17. The SMILES string of the molecule is Nc1nc(OCc2ccc([O-])cc2)c2ncn([C@@H]3O[C@H](O)C(O)[C@@H]3O)c2n1. The fourth-order valence-electron chi connectivity index (χ4n) is 2.80. The number of anilines is 1. The topological polar surface area (TPSA) is 172 Å². The lowest BCUT2D eigenvalue weighted by Crippen LogP contribution is -2.31. The Labute approximate surface area is 152 Å². The molecule has 2 aromatic heterocycles. The number of nitrogens with zero attached hydrogens (tertiary/aromatic N) is 4. The van der Waals surface area contributed by atoms with Gasteiger partial charge in [-0.15, -0.1) is 5.75 Å². The van der Waals surface area contributed by atoms with Gasteiger partial charge in [-0.2, -0.15) is 9.97 Å². The molecule has 11 heteroatoms. The third-order valence-electron chi connectivity index (χ3n) is 4.19. The number of aliphatic hydroxyl groups is 3. The predicted molar refractivity (Wildman–Crippen MR) is 88.1 cm³/mol. The first kappa shape index (κ1) is 17.4. The number of hydrogen-bond donors (Lipinski definition) is 4. The highest BCUT2D eigenvalue weighted by atomic mass is 16.7. The molecule has 1 saturated heterocycles. The third kappa shape index (κ3) is 3.13. The monoisotopic (exact) mass is 374 g/mol. The van der Waals surface area contributed by atoms with Crippen molar-refractivity contribution in [2.45, 2.75) is 31.3 Å². The molecule has 1 fully saturated rings. The first-order chi connectivity index (χ1) is 12.9. The maximum Gasteiger partial charge on any atom is 0.247 e. The van der Waals surface area contributed by atoms with Gasteiger partial charge < -0.3 is 35.6 Å². The van der Waals surface area contributed by atoms with E-state index >= 15 is 0 Å². The fourth-order valence-corrected chi connectivity index (χ4v) is 2.80. The Morgan fingerprint density at radius 3 is 2.56 bits per heavy atom. The van der Waals surface area contributed by atoms with Crippen LogP contribution in [0.15, 0.2) is 30.6 Å². The molecule has 27 heavy (non-hydrogen) atoms. The summed E-state index contributed by atoms with van der Waals surface area (Å²) in [5.41, 5.74) is 6.96. The molecule has 5 N–H and O–H groups in total. The summed E-state index contributed by atoms with van der Waals surface area (Å²) in [5.74, 6) is -0.0931. The lowest BCUT2D eigenvalue weighted by Gasteiger charge is -2.16. The molecule has 11 nitrogen and oxygen atoms in total. The summed E-state index contributed by atoms with van der Waals surface area (Å²) < 4.78 is 12.2. The minimum absolute atomic E-state index is 0.0947. The van der Waals surface area contributed by atoms with Gasteiger partial charge in [0, 0.05) is 0 Å². The highest BCUT2D eigenvalue weighted by Crippen LogP contribution is 2.32. The van der Waals surface area contributed by atoms with Crippen LogP contribution in [0.3, 0.4) is 0 Å². The fraction of sp³-hybridized carbons (Fsp3) is 0.312. The molecule has 0 amide bonds. The van der Waals surface area contributed by atoms with Crippen molar-refractivity contribution in [2.75, 3.05) is 5.73 Å². The van der Waals surface area contributed by atoms with Gasteiger partial charge in [0.05, 0.1) is 6.33 Å². The van der Waals surface area contributed by atoms with E-state index in [1.165, 1.54) is 23.0 Å². The Balaban J connectivity index is 1.65. The van der Waals surface area contributed by atoms with Gasteiger partial charge >= 0.3 is 0 Å². The van der Waals surface area contributed by atoms with E-state index in [4.69, 9.17) is 15.2 Å². The maximum atomic E-state index is 11.2. The zero-order valence-electron chi connectivity index (χ0n) is 13.8. The summed E-state index contributed by atoms with van der Waals surface area (Å²) in [5, 5.41) is 40.5. The first-order valence-electron chi connectivity index (χ1n) is 8.02. The van der Waals surface area contributed by atoms with Gasteiger partial charge in [0.25, 0.3) is 0 Å². The van der Waals surface area contributed by atoms with E-state index in [2.05, 4.69) is 15.0 Å². The maximum absolute atomic E-state index is 11.2. The molecule has 1 aliphatic rings. The smallest absolute Gasteiger partial charge is 0.247 e. The molecule has 0 aliphatic carbocycles. The summed E-state index contributed by atoms with van der Waals surface area (Å²) in [6.07, 6.45) is -4.18. The molecule has 0 radical (unpaired) electrons. The van der Waals surface area contributed by atoms with E-state index < -0.39 is 24.7 Å². The molecule has 3 heterocycles. The minimum atomic E-state index is -1.54. The average molecular weight is 374 g/mol. The second kappa shape index (κ2) is 6.63. The second-order valence-electron chi connectivity index (χ2n) is 6.04.